The number of rotatable bonds is 18. The molecule has 0 saturated heterocycles. The maximum atomic E-state index is 12.7. The Hall–Kier alpha value is -2.16. The molecule has 1 unspecified atom stereocenters. The minimum atomic E-state index is -0.339. The molecule has 0 radical (unpaired) electrons. The molecule has 188 valence electrons. The lowest BCUT2D eigenvalue weighted by molar-refractivity contribution is 0.0281. The quantitative estimate of drug-likeness (QED) is 0.163. The van der Waals surface area contributed by atoms with Crippen molar-refractivity contribution < 1.29 is 9.53 Å². The second-order valence-electron chi connectivity index (χ2n) is 9.63. The first-order valence-corrected chi connectivity index (χ1v) is 13.9. The van der Waals surface area contributed by atoms with Crippen molar-refractivity contribution in [3.05, 3.63) is 65.0 Å². The summed E-state index contributed by atoms with van der Waals surface area (Å²) in [6.07, 6.45) is 20.1. The number of carbonyl (C=O) groups excluding carboxylic acids is 1. The third-order valence-corrected chi connectivity index (χ3v) is 6.64. The molecule has 0 aliphatic heterocycles. The lowest BCUT2D eigenvalue weighted by Crippen LogP contribution is -2.12. The SMILES string of the molecule is CCCCCCCCCc1ccc(C(CC)OC(=O)c2ccc(CCCCCCC)cn2)cc1. The first kappa shape index (κ1) is 28.1. The van der Waals surface area contributed by atoms with E-state index in [1.54, 1.807) is 0 Å². The minimum absolute atomic E-state index is 0.236. The van der Waals surface area contributed by atoms with E-state index in [4.69, 9.17) is 4.74 Å². The van der Waals surface area contributed by atoms with Crippen LogP contribution in [0.4, 0.5) is 0 Å². The van der Waals surface area contributed by atoms with E-state index < -0.39 is 0 Å². The van der Waals surface area contributed by atoms with Gasteiger partial charge in [0, 0.05) is 6.20 Å². The van der Waals surface area contributed by atoms with Gasteiger partial charge in [0.25, 0.3) is 0 Å². The Bertz CT molecular complexity index is 782. The number of aryl methyl sites for hydroxylation is 2. The largest absolute Gasteiger partial charge is 0.453 e. The Morgan fingerprint density at radius 1 is 0.706 bits per heavy atom. The molecule has 1 aromatic heterocycles. The monoisotopic (exact) mass is 465 g/mol. The zero-order valence-electron chi connectivity index (χ0n) is 22.0. The molecule has 1 aromatic carbocycles. The number of benzene rings is 1. The fourth-order valence-electron chi connectivity index (χ4n) is 4.39. The molecule has 34 heavy (non-hydrogen) atoms. The van der Waals surface area contributed by atoms with Crippen LogP contribution in [0.15, 0.2) is 42.6 Å². The van der Waals surface area contributed by atoms with Gasteiger partial charge in [-0.2, -0.15) is 0 Å². The van der Waals surface area contributed by atoms with Gasteiger partial charge in [0.2, 0.25) is 0 Å². The number of hydrogen-bond acceptors (Lipinski definition) is 3. The van der Waals surface area contributed by atoms with Crippen molar-refractivity contribution in [2.45, 2.75) is 123 Å². The minimum Gasteiger partial charge on any atom is -0.453 e. The van der Waals surface area contributed by atoms with E-state index in [2.05, 4.69) is 50.0 Å². The smallest absolute Gasteiger partial charge is 0.357 e. The predicted octanol–water partition coefficient (Wildman–Crippen LogP) is 9.20. The molecule has 2 aromatic rings. The van der Waals surface area contributed by atoms with Crippen molar-refractivity contribution in [1.82, 2.24) is 4.98 Å². The van der Waals surface area contributed by atoms with Gasteiger partial charge in [-0.25, -0.2) is 9.78 Å². The average molecular weight is 466 g/mol. The molecule has 0 fully saturated rings. The van der Waals surface area contributed by atoms with Crippen molar-refractivity contribution >= 4 is 5.97 Å². The molecule has 3 heteroatoms. The van der Waals surface area contributed by atoms with Crippen LogP contribution in [0.5, 0.6) is 0 Å². The van der Waals surface area contributed by atoms with Gasteiger partial charge >= 0.3 is 5.97 Å². The second kappa shape index (κ2) is 17.3. The van der Waals surface area contributed by atoms with Crippen molar-refractivity contribution in [3.63, 3.8) is 0 Å². The van der Waals surface area contributed by atoms with Gasteiger partial charge in [0.15, 0.2) is 0 Å². The second-order valence-corrected chi connectivity index (χ2v) is 9.63. The fourth-order valence-corrected chi connectivity index (χ4v) is 4.39. The number of nitrogens with zero attached hydrogens (tertiary/aromatic N) is 1. The molecule has 0 N–H and O–H groups in total. The van der Waals surface area contributed by atoms with Crippen LogP contribution in [0.25, 0.3) is 0 Å². The normalized spacial score (nSPS) is 12.0. The zero-order chi connectivity index (χ0) is 24.4. The average Bonchev–Trinajstić information content (AvgIpc) is 2.87. The maximum Gasteiger partial charge on any atom is 0.357 e. The molecular formula is C31H47NO2. The summed E-state index contributed by atoms with van der Waals surface area (Å²) in [4.78, 5) is 17.1. The van der Waals surface area contributed by atoms with Crippen LogP contribution >= 0.6 is 0 Å². The third-order valence-electron chi connectivity index (χ3n) is 6.64. The topological polar surface area (TPSA) is 39.2 Å². The van der Waals surface area contributed by atoms with E-state index >= 15 is 0 Å². The maximum absolute atomic E-state index is 12.7. The van der Waals surface area contributed by atoms with Crippen LogP contribution < -0.4 is 0 Å². The molecule has 0 saturated carbocycles. The number of unbranched alkanes of at least 4 members (excludes halogenated alkanes) is 10. The molecule has 3 nitrogen and oxygen atoms in total. The summed E-state index contributed by atoms with van der Waals surface area (Å²) in [7, 11) is 0. The molecule has 2 rings (SSSR count). The predicted molar refractivity (Wildman–Crippen MR) is 143 cm³/mol. The Labute approximate surface area is 208 Å². The van der Waals surface area contributed by atoms with Crippen molar-refractivity contribution in [1.29, 1.82) is 0 Å². The van der Waals surface area contributed by atoms with E-state index in [0.29, 0.717) is 5.69 Å². The number of carbonyl (C=O) groups is 1. The summed E-state index contributed by atoms with van der Waals surface area (Å²) in [6.45, 7) is 6.55. The molecular weight excluding hydrogens is 418 g/mol. The van der Waals surface area contributed by atoms with Crippen LogP contribution in [0.3, 0.4) is 0 Å². The number of esters is 1. The lowest BCUT2D eigenvalue weighted by Gasteiger charge is -2.17. The molecule has 0 spiro atoms. The Morgan fingerprint density at radius 3 is 1.76 bits per heavy atom. The Balaban J connectivity index is 1.77. The summed E-state index contributed by atoms with van der Waals surface area (Å²) in [6, 6.07) is 12.4. The highest BCUT2D eigenvalue weighted by molar-refractivity contribution is 5.87. The van der Waals surface area contributed by atoms with E-state index in [9.17, 15) is 4.79 Å². The summed E-state index contributed by atoms with van der Waals surface area (Å²) in [5.74, 6) is -0.339. The zero-order valence-corrected chi connectivity index (χ0v) is 22.0. The Morgan fingerprint density at radius 2 is 1.24 bits per heavy atom. The van der Waals surface area contributed by atoms with Gasteiger partial charge in [-0.15, -0.1) is 0 Å². The van der Waals surface area contributed by atoms with Crippen molar-refractivity contribution in [3.8, 4) is 0 Å². The first-order chi connectivity index (χ1) is 16.7. The van der Waals surface area contributed by atoms with Crippen molar-refractivity contribution in [2.24, 2.45) is 0 Å². The number of aromatic nitrogens is 1. The molecule has 0 bridgehead atoms. The van der Waals surface area contributed by atoms with Gasteiger partial charge in [-0.3, -0.25) is 0 Å². The summed E-state index contributed by atoms with van der Waals surface area (Å²) >= 11 is 0. The van der Waals surface area contributed by atoms with E-state index in [1.165, 1.54) is 88.2 Å². The van der Waals surface area contributed by atoms with Crippen molar-refractivity contribution in [2.75, 3.05) is 0 Å². The molecule has 0 aliphatic rings. The van der Waals surface area contributed by atoms with Crippen LogP contribution in [-0.2, 0) is 17.6 Å². The molecule has 1 heterocycles. The summed E-state index contributed by atoms with van der Waals surface area (Å²) in [5, 5.41) is 0. The number of ether oxygens (including phenoxy) is 1. The number of pyridine rings is 1. The van der Waals surface area contributed by atoms with Crippen LogP contribution in [-0.4, -0.2) is 11.0 Å². The highest BCUT2D eigenvalue weighted by Crippen LogP contribution is 2.23. The molecule has 1 atom stereocenters. The highest BCUT2D eigenvalue weighted by atomic mass is 16.5. The van der Waals surface area contributed by atoms with Gasteiger partial charge in [-0.1, -0.05) is 115 Å². The Kier molecular flexibility index (Phi) is 14.3. The first-order valence-electron chi connectivity index (χ1n) is 13.9. The third kappa shape index (κ3) is 10.8. The summed E-state index contributed by atoms with van der Waals surface area (Å²) in [5.41, 5.74) is 4.01. The fraction of sp³-hybridized carbons (Fsp3) is 0.613. The van der Waals surface area contributed by atoms with E-state index in [0.717, 1.165) is 24.8 Å². The highest BCUT2D eigenvalue weighted by Gasteiger charge is 2.17. The summed E-state index contributed by atoms with van der Waals surface area (Å²) < 4.78 is 5.82. The van der Waals surface area contributed by atoms with Crippen LogP contribution in [0.2, 0.25) is 0 Å². The van der Waals surface area contributed by atoms with Gasteiger partial charge in [0.05, 0.1) is 0 Å². The molecule has 0 amide bonds. The lowest BCUT2D eigenvalue weighted by atomic mass is 10.0. The standard InChI is InChI=1S/C31H47NO2/c1-4-7-9-11-12-14-15-17-26-19-22-28(23-20-26)30(6-3)34-31(33)29-24-21-27(25-32-29)18-16-13-10-8-5-2/h19-25,30H,4-18H2,1-3H3. The molecule has 0 aliphatic carbocycles. The van der Waals surface area contributed by atoms with Gasteiger partial charge in [-0.05, 0) is 54.9 Å². The van der Waals surface area contributed by atoms with Crippen LogP contribution in [0.1, 0.15) is 138 Å². The van der Waals surface area contributed by atoms with E-state index in [-0.39, 0.29) is 12.1 Å². The van der Waals surface area contributed by atoms with Gasteiger partial charge in [0.1, 0.15) is 11.8 Å². The number of hydrogen-bond donors (Lipinski definition) is 0. The van der Waals surface area contributed by atoms with Gasteiger partial charge < -0.3 is 4.74 Å². The van der Waals surface area contributed by atoms with Crippen LogP contribution in [0, 0.1) is 0 Å². The van der Waals surface area contributed by atoms with E-state index in [1.807, 2.05) is 18.3 Å².